The van der Waals surface area contributed by atoms with Gasteiger partial charge in [-0.15, -0.1) is 0 Å². The van der Waals surface area contributed by atoms with E-state index in [1.165, 1.54) is 25.3 Å². The number of ether oxygens (including phenoxy) is 2. The predicted molar refractivity (Wildman–Crippen MR) is 149 cm³/mol. The van der Waals surface area contributed by atoms with E-state index in [9.17, 15) is 27.6 Å². The number of halogens is 2. The van der Waals surface area contributed by atoms with Crippen LogP contribution in [0.25, 0.3) is 0 Å². The number of hydrogen-bond donors (Lipinski definition) is 1. The van der Waals surface area contributed by atoms with Gasteiger partial charge in [-0.05, 0) is 56.2 Å². The van der Waals surface area contributed by atoms with Crippen molar-refractivity contribution in [2.24, 2.45) is 5.92 Å². The summed E-state index contributed by atoms with van der Waals surface area (Å²) in [6.07, 6.45) is 1.90. The number of sulfonamides is 1. The average Bonchev–Trinajstić information content (AvgIpc) is 3.60. The zero-order valence-electron chi connectivity index (χ0n) is 22.7. The van der Waals surface area contributed by atoms with E-state index < -0.39 is 34.0 Å². The summed E-state index contributed by atoms with van der Waals surface area (Å²) in [7, 11) is -2.92. The Balaban J connectivity index is 1.32. The zero-order valence-corrected chi connectivity index (χ0v) is 25.0. The molecule has 3 fully saturated rings. The van der Waals surface area contributed by atoms with Gasteiger partial charge in [0.25, 0.3) is 0 Å². The van der Waals surface area contributed by atoms with E-state index in [-0.39, 0.29) is 58.7 Å². The molecule has 3 aliphatic heterocycles. The Hall–Kier alpha value is -2.61. The molecule has 41 heavy (non-hydrogen) atoms. The molecule has 0 spiro atoms. The summed E-state index contributed by atoms with van der Waals surface area (Å²) in [5, 5.41) is 2.90. The number of rotatable bonds is 10. The number of carbonyl (C=O) groups is 4. The van der Waals surface area contributed by atoms with Crippen molar-refractivity contribution in [2.45, 2.75) is 55.5 Å². The molecule has 2 atom stereocenters. The van der Waals surface area contributed by atoms with Crippen LogP contribution in [0.5, 0.6) is 0 Å². The largest absolute Gasteiger partial charge is 0.467 e. The Morgan fingerprint density at radius 2 is 1.76 bits per heavy atom. The van der Waals surface area contributed by atoms with Gasteiger partial charge in [-0.3, -0.25) is 9.59 Å². The Labute approximate surface area is 249 Å². The molecule has 3 aliphatic rings. The number of amides is 3. The van der Waals surface area contributed by atoms with Crippen LogP contribution >= 0.6 is 23.2 Å². The normalized spacial score (nSPS) is 21.0. The molecule has 0 saturated carbocycles. The molecular weight excluding hydrogens is 599 g/mol. The molecule has 0 aromatic heterocycles. The summed E-state index contributed by atoms with van der Waals surface area (Å²) in [5.41, 5.74) is 0. The predicted octanol–water partition coefficient (Wildman–Crippen LogP) is 2.28. The van der Waals surface area contributed by atoms with E-state index in [1.54, 1.807) is 9.80 Å². The second-order valence-electron chi connectivity index (χ2n) is 10.4. The van der Waals surface area contributed by atoms with Crippen LogP contribution in [0.3, 0.4) is 0 Å². The molecule has 1 aromatic rings. The van der Waals surface area contributed by atoms with Gasteiger partial charge in [-0.2, -0.15) is 4.31 Å². The van der Waals surface area contributed by atoms with Crippen LogP contribution in [0.2, 0.25) is 10.0 Å². The number of nitrogens with zero attached hydrogens (tertiary/aromatic N) is 3. The standard InChI is InChI=1S/C26H34Cl2N4O8S/c1-39-25(35)21(4-5-23(33)30-9-6-17(7-10-30)16-31-11-12-40-26(31)36)29-24(34)22-3-2-8-32(22)41(37,38)20-14-18(27)13-19(28)15-20/h13-15,17,21-22H,2-12,16H2,1H3,(H,29,34)/t21-,22+/m0/s1. The number of benzene rings is 1. The molecular formula is C26H34Cl2N4O8S. The summed E-state index contributed by atoms with van der Waals surface area (Å²) >= 11 is 12.0. The number of carbonyl (C=O) groups excluding carboxylic acids is 4. The first-order valence-electron chi connectivity index (χ1n) is 13.5. The van der Waals surface area contributed by atoms with Gasteiger partial charge in [-0.25, -0.2) is 18.0 Å². The second kappa shape index (κ2) is 13.6. The van der Waals surface area contributed by atoms with Gasteiger partial charge < -0.3 is 24.6 Å². The zero-order chi connectivity index (χ0) is 29.7. The molecule has 0 unspecified atom stereocenters. The smallest absolute Gasteiger partial charge is 0.409 e. The fourth-order valence-electron chi connectivity index (χ4n) is 5.46. The van der Waals surface area contributed by atoms with Gasteiger partial charge in [0.05, 0.1) is 18.6 Å². The number of esters is 1. The molecule has 0 aliphatic carbocycles. The van der Waals surface area contributed by atoms with E-state index in [4.69, 9.17) is 32.7 Å². The Morgan fingerprint density at radius 1 is 1.07 bits per heavy atom. The topological polar surface area (TPSA) is 143 Å². The maximum atomic E-state index is 13.3. The highest BCUT2D eigenvalue weighted by Crippen LogP contribution is 2.30. The van der Waals surface area contributed by atoms with E-state index >= 15 is 0 Å². The first-order valence-corrected chi connectivity index (χ1v) is 15.7. The SMILES string of the molecule is COC(=O)[C@H](CCC(=O)N1CCC(CN2CCOC2=O)CC1)NC(=O)[C@H]1CCCN1S(=O)(=O)c1cc(Cl)cc(Cl)c1. The number of methoxy groups -OCH3 is 1. The minimum Gasteiger partial charge on any atom is -0.467 e. The van der Waals surface area contributed by atoms with Gasteiger partial charge in [0.15, 0.2) is 0 Å². The highest BCUT2D eigenvalue weighted by molar-refractivity contribution is 7.89. The van der Waals surface area contributed by atoms with Crippen LogP contribution in [0.1, 0.15) is 38.5 Å². The molecule has 1 aromatic carbocycles. The van der Waals surface area contributed by atoms with Crippen LogP contribution < -0.4 is 5.32 Å². The van der Waals surface area contributed by atoms with Gasteiger partial charge in [0.1, 0.15) is 18.7 Å². The van der Waals surface area contributed by atoms with Crippen LogP contribution in [-0.2, 0) is 33.9 Å². The summed E-state index contributed by atoms with van der Waals surface area (Å²) in [5.74, 6) is -1.25. The van der Waals surface area contributed by atoms with Crippen molar-refractivity contribution in [3.8, 4) is 0 Å². The van der Waals surface area contributed by atoms with Crippen molar-refractivity contribution in [3.05, 3.63) is 28.2 Å². The van der Waals surface area contributed by atoms with Crippen molar-refractivity contribution in [2.75, 3.05) is 46.4 Å². The quantitative estimate of drug-likeness (QED) is 0.387. The Kier molecular flexibility index (Phi) is 10.4. The summed E-state index contributed by atoms with van der Waals surface area (Å²) in [6.45, 7) is 2.77. The molecule has 3 saturated heterocycles. The van der Waals surface area contributed by atoms with E-state index in [2.05, 4.69) is 5.32 Å². The highest BCUT2D eigenvalue weighted by atomic mass is 35.5. The lowest BCUT2D eigenvalue weighted by Crippen LogP contribution is -2.51. The van der Waals surface area contributed by atoms with Crippen molar-refractivity contribution in [3.63, 3.8) is 0 Å². The summed E-state index contributed by atoms with van der Waals surface area (Å²) in [4.78, 5) is 53.6. The monoisotopic (exact) mass is 632 g/mol. The van der Waals surface area contributed by atoms with Crippen LogP contribution in [-0.4, -0.2) is 105 Å². The molecule has 15 heteroatoms. The Bertz CT molecular complexity index is 1250. The molecule has 226 valence electrons. The van der Waals surface area contributed by atoms with Gasteiger partial charge >= 0.3 is 12.1 Å². The lowest BCUT2D eigenvalue weighted by molar-refractivity contribution is -0.146. The number of piperidine rings is 1. The van der Waals surface area contributed by atoms with Gasteiger partial charge in [0.2, 0.25) is 21.8 Å². The molecule has 12 nitrogen and oxygen atoms in total. The minimum atomic E-state index is -4.10. The van der Waals surface area contributed by atoms with Crippen LogP contribution in [0.4, 0.5) is 4.79 Å². The maximum absolute atomic E-state index is 13.3. The van der Waals surface area contributed by atoms with Crippen molar-refractivity contribution >= 4 is 57.1 Å². The molecule has 3 heterocycles. The summed E-state index contributed by atoms with van der Waals surface area (Å²) in [6, 6.07) is 1.77. The third-order valence-corrected chi connectivity index (χ3v) is 10.0. The van der Waals surface area contributed by atoms with Gasteiger partial charge in [-0.1, -0.05) is 23.2 Å². The van der Waals surface area contributed by atoms with Crippen molar-refractivity contribution in [1.82, 2.24) is 19.4 Å². The molecule has 0 bridgehead atoms. The van der Waals surface area contributed by atoms with Gasteiger partial charge in [0, 0.05) is 42.6 Å². The number of hydrogen-bond acceptors (Lipinski definition) is 8. The third kappa shape index (κ3) is 7.62. The number of nitrogens with one attached hydrogen (secondary N) is 1. The minimum absolute atomic E-state index is 0.000164. The molecule has 1 N–H and O–H groups in total. The molecule has 3 amide bonds. The molecule has 4 rings (SSSR count). The first-order chi connectivity index (χ1) is 19.5. The molecule has 0 radical (unpaired) electrons. The lowest BCUT2D eigenvalue weighted by atomic mass is 9.96. The average molecular weight is 634 g/mol. The van der Waals surface area contributed by atoms with E-state index in [0.29, 0.717) is 39.2 Å². The fourth-order valence-corrected chi connectivity index (χ4v) is 7.84. The number of likely N-dealkylation sites (tertiary alicyclic amines) is 1. The first kappa shape index (κ1) is 31.3. The van der Waals surface area contributed by atoms with Crippen molar-refractivity contribution < 1.29 is 37.1 Å². The second-order valence-corrected chi connectivity index (χ2v) is 13.1. The van der Waals surface area contributed by atoms with E-state index in [1.807, 2.05) is 0 Å². The third-order valence-electron chi connectivity index (χ3n) is 7.69. The number of cyclic esters (lactones) is 1. The summed E-state index contributed by atoms with van der Waals surface area (Å²) < 4.78 is 37.5. The highest BCUT2D eigenvalue weighted by Gasteiger charge is 2.41. The van der Waals surface area contributed by atoms with E-state index in [0.717, 1.165) is 17.1 Å². The van der Waals surface area contributed by atoms with Crippen LogP contribution in [0.15, 0.2) is 23.1 Å². The van der Waals surface area contributed by atoms with Crippen LogP contribution in [0, 0.1) is 5.92 Å². The fraction of sp³-hybridized carbons (Fsp3) is 0.615. The maximum Gasteiger partial charge on any atom is 0.409 e. The van der Waals surface area contributed by atoms with Crippen molar-refractivity contribution in [1.29, 1.82) is 0 Å². The lowest BCUT2D eigenvalue weighted by Gasteiger charge is -2.33. The Morgan fingerprint density at radius 3 is 2.37 bits per heavy atom.